The van der Waals surface area contributed by atoms with Crippen LogP contribution in [0.3, 0.4) is 0 Å². The lowest BCUT2D eigenvalue weighted by molar-refractivity contribution is -0.122. The topological polar surface area (TPSA) is 41.1 Å². The molecule has 0 amide bonds. The highest BCUT2D eigenvalue weighted by atomic mass is 32.1. The summed E-state index contributed by atoms with van der Waals surface area (Å²) in [5.74, 6) is 0.203. The van der Waals surface area contributed by atoms with Gasteiger partial charge in [-0.15, -0.1) is 11.3 Å². The number of aryl methyl sites for hydroxylation is 1. The molecule has 1 aromatic heterocycles. The number of carbonyl (C=O) groups is 1. The Morgan fingerprint density at radius 1 is 0.966 bits per heavy atom. The first-order chi connectivity index (χ1) is 14.2. The van der Waals surface area contributed by atoms with Gasteiger partial charge in [-0.05, 0) is 36.2 Å². The van der Waals surface area contributed by atoms with Crippen molar-refractivity contribution in [3.63, 3.8) is 0 Å². The number of nitrogens with one attached hydrogen (secondary N) is 2. The molecule has 0 saturated heterocycles. The van der Waals surface area contributed by atoms with Crippen LogP contribution < -0.4 is 10.6 Å². The smallest absolute Gasteiger partial charge is 0.145 e. The molecule has 3 nitrogen and oxygen atoms in total. The molecule has 2 aliphatic rings. The highest BCUT2D eigenvalue weighted by Crippen LogP contribution is 2.45. The molecule has 1 aliphatic heterocycles. The molecule has 5 rings (SSSR count). The van der Waals surface area contributed by atoms with Crippen molar-refractivity contribution >= 4 is 28.5 Å². The lowest BCUT2D eigenvalue weighted by Crippen LogP contribution is -2.33. The number of ketones is 1. The summed E-state index contributed by atoms with van der Waals surface area (Å²) in [6.07, 6.45) is 3.83. The number of benzene rings is 2. The van der Waals surface area contributed by atoms with Gasteiger partial charge in [0.25, 0.3) is 0 Å². The monoisotopic (exact) mass is 400 g/mol. The normalized spacial score (nSPS) is 23.1. The van der Waals surface area contributed by atoms with Crippen molar-refractivity contribution in [2.75, 3.05) is 10.6 Å². The predicted octanol–water partition coefficient (Wildman–Crippen LogP) is 6.15. The summed E-state index contributed by atoms with van der Waals surface area (Å²) in [7, 11) is 0. The summed E-state index contributed by atoms with van der Waals surface area (Å²) in [6, 6.07) is 22.9. The van der Waals surface area contributed by atoms with Crippen LogP contribution in [0, 0.1) is 5.92 Å². The van der Waals surface area contributed by atoms with Crippen LogP contribution in [-0.4, -0.2) is 5.78 Å². The number of rotatable bonds is 3. The minimum absolute atomic E-state index is 0.0491. The van der Waals surface area contributed by atoms with Crippen LogP contribution in [0.25, 0.3) is 0 Å². The first-order valence-corrected chi connectivity index (χ1v) is 11.0. The summed E-state index contributed by atoms with van der Waals surface area (Å²) in [5.41, 5.74) is 4.28. The Labute approximate surface area is 175 Å². The molecule has 2 N–H and O–H groups in total. The number of carbonyl (C=O) groups excluding carboxylic acids is 1. The van der Waals surface area contributed by atoms with Gasteiger partial charge in [0, 0.05) is 27.8 Å². The van der Waals surface area contributed by atoms with Crippen molar-refractivity contribution in [1.82, 2.24) is 0 Å². The number of thiophene rings is 1. The zero-order valence-electron chi connectivity index (χ0n) is 16.4. The van der Waals surface area contributed by atoms with Crippen molar-refractivity contribution in [1.29, 1.82) is 0 Å². The summed E-state index contributed by atoms with van der Waals surface area (Å²) < 4.78 is 0. The van der Waals surface area contributed by atoms with E-state index in [1.165, 1.54) is 15.3 Å². The molecule has 1 aliphatic carbocycles. The SMILES string of the molecule is CCc1ccc(C2Nc3ccccc3NC3=CC(c4ccccc4)CC(=O)C32)s1. The van der Waals surface area contributed by atoms with Crippen LogP contribution in [0.2, 0.25) is 0 Å². The highest BCUT2D eigenvalue weighted by molar-refractivity contribution is 7.12. The van der Waals surface area contributed by atoms with Crippen molar-refractivity contribution < 1.29 is 4.79 Å². The van der Waals surface area contributed by atoms with Crippen LogP contribution in [0.1, 0.15) is 40.6 Å². The average molecular weight is 401 g/mol. The van der Waals surface area contributed by atoms with Gasteiger partial charge in [-0.3, -0.25) is 4.79 Å². The number of anilines is 2. The number of allylic oxidation sites excluding steroid dienone is 1. The summed E-state index contributed by atoms with van der Waals surface area (Å²) in [5, 5.41) is 7.28. The summed E-state index contributed by atoms with van der Waals surface area (Å²) in [6.45, 7) is 2.18. The van der Waals surface area contributed by atoms with Gasteiger partial charge >= 0.3 is 0 Å². The second kappa shape index (κ2) is 7.53. The van der Waals surface area contributed by atoms with Gasteiger partial charge in [-0.25, -0.2) is 0 Å². The molecule has 4 heteroatoms. The van der Waals surface area contributed by atoms with Crippen LogP contribution in [-0.2, 0) is 11.2 Å². The molecule has 146 valence electrons. The van der Waals surface area contributed by atoms with E-state index >= 15 is 0 Å². The lowest BCUT2D eigenvalue weighted by atomic mass is 9.78. The highest BCUT2D eigenvalue weighted by Gasteiger charge is 2.40. The minimum Gasteiger partial charge on any atom is -0.375 e. The Hall–Kier alpha value is -2.85. The standard InChI is InChI=1S/C25H24N2OS/c1-2-18-12-13-23(29-18)25-24-21(26-19-10-6-7-11-20(19)27-25)14-17(15-22(24)28)16-8-4-3-5-9-16/h3-14,17,24-27H,2,15H2,1H3. The van der Waals surface area contributed by atoms with E-state index in [0.29, 0.717) is 12.2 Å². The van der Waals surface area contributed by atoms with Crippen LogP contribution >= 0.6 is 11.3 Å². The number of hydrogen-bond donors (Lipinski definition) is 2. The van der Waals surface area contributed by atoms with E-state index in [1.807, 2.05) is 41.7 Å². The van der Waals surface area contributed by atoms with E-state index in [9.17, 15) is 4.79 Å². The maximum atomic E-state index is 13.5. The van der Waals surface area contributed by atoms with Gasteiger partial charge in [0.1, 0.15) is 5.78 Å². The van der Waals surface area contributed by atoms with Crippen molar-refractivity contribution in [2.24, 2.45) is 5.92 Å². The molecule has 3 atom stereocenters. The van der Waals surface area contributed by atoms with E-state index in [4.69, 9.17) is 0 Å². The second-order valence-electron chi connectivity index (χ2n) is 7.74. The van der Waals surface area contributed by atoms with Crippen molar-refractivity contribution in [2.45, 2.75) is 31.7 Å². The molecule has 3 unspecified atom stereocenters. The fourth-order valence-corrected chi connectivity index (χ4v) is 5.45. The van der Waals surface area contributed by atoms with Crippen molar-refractivity contribution in [3.05, 3.63) is 93.8 Å². The Bertz CT molecular complexity index is 1070. The average Bonchev–Trinajstić information content (AvgIpc) is 3.16. The van der Waals surface area contributed by atoms with Gasteiger partial charge in [0.05, 0.1) is 23.3 Å². The molecular weight excluding hydrogens is 376 g/mol. The Morgan fingerprint density at radius 3 is 2.48 bits per heavy atom. The first-order valence-electron chi connectivity index (χ1n) is 10.2. The maximum Gasteiger partial charge on any atom is 0.145 e. The fraction of sp³-hybridized carbons (Fsp3) is 0.240. The van der Waals surface area contributed by atoms with Crippen LogP contribution in [0.5, 0.6) is 0 Å². The third-order valence-electron chi connectivity index (χ3n) is 5.90. The van der Waals surface area contributed by atoms with Crippen LogP contribution in [0.4, 0.5) is 11.4 Å². The van der Waals surface area contributed by atoms with E-state index < -0.39 is 0 Å². The van der Waals surface area contributed by atoms with E-state index in [2.05, 4.69) is 60.0 Å². The summed E-state index contributed by atoms with van der Waals surface area (Å²) >= 11 is 1.81. The van der Waals surface area contributed by atoms with Crippen molar-refractivity contribution in [3.8, 4) is 0 Å². The molecule has 3 aromatic rings. The molecule has 0 radical (unpaired) electrons. The Kier molecular flexibility index (Phi) is 4.72. The molecule has 0 saturated carbocycles. The lowest BCUT2D eigenvalue weighted by Gasteiger charge is -2.31. The third-order valence-corrected chi connectivity index (χ3v) is 7.21. The van der Waals surface area contributed by atoms with Gasteiger partial charge in [-0.1, -0.05) is 55.5 Å². The Balaban J connectivity index is 1.61. The van der Waals surface area contributed by atoms with Gasteiger partial charge in [0.15, 0.2) is 0 Å². The van der Waals surface area contributed by atoms with E-state index in [0.717, 1.165) is 23.5 Å². The van der Waals surface area contributed by atoms with E-state index in [1.54, 1.807) is 0 Å². The molecule has 0 fully saturated rings. The zero-order chi connectivity index (χ0) is 19.8. The van der Waals surface area contributed by atoms with E-state index in [-0.39, 0.29) is 17.9 Å². The number of Topliss-reactive ketones (excluding diaryl/α,β-unsaturated/α-hetero) is 1. The molecule has 29 heavy (non-hydrogen) atoms. The summed E-state index contributed by atoms with van der Waals surface area (Å²) in [4.78, 5) is 16.0. The predicted molar refractivity (Wildman–Crippen MR) is 121 cm³/mol. The second-order valence-corrected chi connectivity index (χ2v) is 8.94. The van der Waals surface area contributed by atoms with Crippen LogP contribution in [0.15, 0.2) is 78.5 Å². The molecule has 0 spiro atoms. The molecule has 0 bridgehead atoms. The molecule has 2 heterocycles. The number of fused-ring (bicyclic) bond motifs is 2. The fourth-order valence-electron chi connectivity index (χ4n) is 4.41. The Morgan fingerprint density at radius 2 is 1.72 bits per heavy atom. The maximum absolute atomic E-state index is 13.5. The minimum atomic E-state index is -0.203. The largest absolute Gasteiger partial charge is 0.375 e. The molecular formula is C25H24N2OS. The number of hydrogen-bond acceptors (Lipinski definition) is 4. The molecule has 2 aromatic carbocycles. The number of para-hydroxylation sites is 2. The quantitative estimate of drug-likeness (QED) is 0.554. The third kappa shape index (κ3) is 3.38. The first kappa shape index (κ1) is 18.2. The van der Waals surface area contributed by atoms with Gasteiger partial charge in [-0.2, -0.15) is 0 Å². The zero-order valence-corrected chi connectivity index (χ0v) is 17.2. The van der Waals surface area contributed by atoms with Gasteiger partial charge < -0.3 is 10.6 Å². The van der Waals surface area contributed by atoms with Gasteiger partial charge in [0.2, 0.25) is 0 Å².